The number of aliphatic hydroxyl groups excluding tert-OH is 1. The van der Waals surface area contributed by atoms with E-state index < -0.39 is 0 Å². The Kier molecular flexibility index (Phi) is 4.80. The number of likely N-dealkylation sites (tertiary alicyclic amines) is 1. The lowest BCUT2D eigenvalue weighted by atomic mass is 10.1. The Morgan fingerprint density at radius 3 is 2.76 bits per heavy atom. The molecule has 21 heavy (non-hydrogen) atoms. The van der Waals surface area contributed by atoms with Crippen molar-refractivity contribution < 1.29 is 9.90 Å². The highest BCUT2D eigenvalue weighted by Gasteiger charge is 2.30. The van der Waals surface area contributed by atoms with Crippen molar-refractivity contribution in [2.75, 3.05) is 20.2 Å². The van der Waals surface area contributed by atoms with Gasteiger partial charge in [-0.25, -0.2) is 0 Å². The molecule has 1 aliphatic rings. The van der Waals surface area contributed by atoms with Gasteiger partial charge in [0.1, 0.15) is 5.56 Å². The van der Waals surface area contributed by atoms with Crippen LogP contribution >= 0.6 is 0 Å². The van der Waals surface area contributed by atoms with Gasteiger partial charge in [-0.2, -0.15) is 0 Å². The summed E-state index contributed by atoms with van der Waals surface area (Å²) >= 11 is 0. The van der Waals surface area contributed by atoms with E-state index in [1.165, 1.54) is 0 Å². The molecule has 0 aliphatic carbocycles. The second-order valence-corrected chi connectivity index (χ2v) is 5.62. The predicted octanol–water partition coefficient (Wildman–Crippen LogP) is -0.0286. The molecular weight excluding hydrogens is 270 g/mol. The third kappa shape index (κ3) is 3.16. The maximum absolute atomic E-state index is 12.3. The first-order chi connectivity index (χ1) is 9.97. The van der Waals surface area contributed by atoms with Gasteiger partial charge < -0.3 is 15.0 Å². The van der Waals surface area contributed by atoms with Gasteiger partial charge in [0.2, 0.25) is 0 Å². The molecule has 2 atom stereocenters. The topological polar surface area (TPSA) is 74.6 Å². The molecule has 1 aromatic rings. The van der Waals surface area contributed by atoms with Crippen molar-refractivity contribution in [2.45, 2.75) is 38.9 Å². The van der Waals surface area contributed by atoms with Crippen LogP contribution in [0.2, 0.25) is 0 Å². The first-order valence-electron chi connectivity index (χ1n) is 7.30. The van der Waals surface area contributed by atoms with Gasteiger partial charge in [-0.15, -0.1) is 0 Å². The SMILES string of the molecule is CCn1c(C)ccc(C(=O)N[C@@H]2C[C@@H](CO)N(C)C2)c1=O. The van der Waals surface area contributed by atoms with E-state index >= 15 is 0 Å². The van der Waals surface area contributed by atoms with Crippen LogP contribution in [0.15, 0.2) is 16.9 Å². The number of carbonyl (C=O) groups excluding carboxylic acids is 1. The lowest BCUT2D eigenvalue weighted by Gasteiger charge is -2.15. The van der Waals surface area contributed by atoms with Gasteiger partial charge in [0.05, 0.1) is 6.61 Å². The number of likely N-dealkylation sites (N-methyl/N-ethyl adjacent to an activating group) is 1. The number of aliphatic hydroxyl groups is 1. The van der Waals surface area contributed by atoms with E-state index in [0.717, 1.165) is 5.69 Å². The van der Waals surface area contributed by atoms with Crippen molar-refractivity contribution in [1.82, 2.24) is 14.8 Å². The molecule has 2 N–H and O–H groups in total. The lowest BCUT2D eigenvalue weighted by molar-refractivity contribution is 0.0936. The number of aromatic nitrogens is 1. The molecule has 1 amide bonds. The summed E-state index contributed by atoms with van der Waals surface area (Å²) in [5, 5.41) is 12.1. The Labute approximate surface area is 124 Å². The second kappa shape index (κ2) is 6.41. The molecule has 1 fully saturated rings. The van der Waals surface area contributed by atoms with Gasteiger partial charge in [0.15, 0.2) is 0 Å². The number of hydrogen-bond donors (Lipinski definition) is 2. The van der Waals surface area contributed by atoms with E-state index in [1.807, 2.05) is 25.8 Å². The van der Waals surface area contributed by atoms with Crippen LogP contribution in [0.3, 0.4) is 0 Å². The normalized spacial score (nSPS) is 22.5. The van der Waals surface area contributed by atoms with Crippen molar-refractivity contribution in [1.29, 1.82) is 0 Å². The van der Waals surface area contributed by atoms with E-state index in [2.05, 4.69) is 5.32 Å². The standard InChI is InChI=1S/C15H23N3O3/c1-4-18-10(2)5-6-13(15(18)21)14(20)16-11-7-12(9-19)17(3)8-11/h5-6,11-12,19H,4,7-9H2,1-3H3,(H,16,20)/t11-,12+/m1/s1. The van der Waals surface area contributed by atoms with E-state index in [0.29, 0.717) is 19.5 Å². The fourth-order valence-electron chi connectivity index (χ4n) is 2.90. The molecule has 2 rings (SSSR count). The van der Waals surface area contributed by atoms with Crippen LogP contribution in [0.4, 0.5) is 0 Å². The third-order valence-corrected chi connectivity index (χ3v) is 4.19. The van der Waals surface area contributed by atoms with Crippen LogP contribution in [0, 0.1) is 6.92 Å². The Morgan fingerprint density at radius 1 is 1.48 bits per heavy atom. The van der Waals surface area contributed by atoms with E-state index in [4.69, 9.17) is 0 Å². The summed E-state index contributed by atoms with van der Waals surface area (Å²) in [7, 11) is 1.92. The van der Waals surface area contributed by atoms with Crippen molar-refractivity contribution in [2.24, 2.45) is 0 Å². The maximum atomic E-state index is 12.3. The first kappa shape index (κ1) is 15.7. The molecule has 0 bridgehead atoms. The minimum atomic E-state index is -0.334. The van der Waals surface area contributed by atoms with Crippen molar-refractivity contribution in [3.63, 3.8) is 0 Å². The fourth-order valence-corrected chi connectivity index (χ4v) is 2.90. The molecule has 0 spiro atoms. The molecule has 1 aliphatic heterocycles. The average Bonchev–Trinajstić information content (AvgIpc) is 2.79. The molecule has 0 saturated carbocycles. The number of aryl methyl sites for hydroxylation is 1. The highest BCUT2D eigenvalue weighted by Crippen LogP contribution is 2.15. The van der Waals surface area contributed by atoms with Crippen LogP contribution in [-0.2, 0) is 6.54 Å². The summed E-state index contributed by atoms with van der Waals surface area (Å²) in [4.78, 5) is 26.6. The van der Waals surface area contributed by atoms with Gasteiger partial charge in [0, 0.05) is 30.9 Å². The summed E-state index contributed by atoms with van der Waals surface area (Å²) in [5.74, 6) is -0.334. The number of pyridine rings is 1. The van der Waals surface area contributed by atoms with Gasteiger partial charge in [-0.3, -0.25) is 14.5 Å². The van der Waals surface area contributed by atoms with Crippen LogP contribution in [0.1, 0.15) is 29.4 Å². The smallest absolute Gasteiger partial charge is 0.263 e. The molecule has 2 heterocycles. The van der Waals surface area contributed by atoms with Crippen molar-refractivity contribution >= 4 is 5.91 Å². The monoisotopic (exact) mass is 293 g/mol. The molecule has 0 aromatic carbocycles. The highest BCUT2D eigenvalue weighted by molar-refractivity contribution is 5.94. The van der Waals surface area contributed by atoms with Gasteiger partial charge in [0.25, 0.3) is 11.5 Å². The highest BCUT2D eigenvalue weighted by atomic mass is 16.3. The molecular formula is C15H23N3O3. The summed E-state index contributed by atoms with van der Waals surface area (Å²) in [5.41, 5.74) is 0.776. The van der Waals surface area contributed by atoms with Gasteiger partial charge in [-0.05, 0) is 39.4 Å². The number of carbonyl (C=O) groups is 1. The number of nitrogens with one attached hydrogen (secondary N) is 1. The molecule has 0 unspecified atom stereocenters. The average molecular weight is 293 g/mol. The molecule has 116 valence electrons. The van der Waals surface area contributed by atoms with Crippen molar-refractivity contribution in [3.05, 3.63) is 33.7 Å². The summed E-state index contributed by atoms with van der Waals surface area (Å²) in [6.45, 7) is 5.05. The fraction of sp³-hybridized carbons (Fsp3) is 0.600. The quantitative estimate of drug-likeness (QED) is 0.817. The Balaban J connectivity index is 2.13. The summed E-state index contributed by atoms with van der Waals surface area (Å²) in [6.07, 6.45) is 0.701. The second-order valence-electron chi connectivity index (χ2n) is 5.62. The molecule has 6 nitrogen and oxygen atoms in total. The Morgan fingerprint density at radius 2 is 2.19 bits per heavy atom. The van der Waals surface area contributed by atoms with E-state index in [9.17, 15) is 14.7 Å². The van der Waals surface area contributed by atoms with Crippen LogP contribution in [-0.4, -0.2) is 52.8 Å². The predicted molar refractivity (Wildman–Crippen MR) is 80.5 cm³/mol. The number of nitrogens with zero attached hydrogens (tertiary/aromatic N) is 2. The minimum Gasteiger partial charge on any atom is -0.395 e. The van der Waals surface area contributed by atoms with Crippen molar-refractivity contribution in [3.8, 4) is 0 Å². The van der Waals surface area contributed by atoms with Crippen LogP contribution < -0.4 is 10.9 Å². The summed E-state index contributed by atoms with van der Waals surface area (Å²) in [6, 6.07) is 3.41. The molecule has 6 heteroatoms. The number of rotatable bonds is 4. The molecule has 0 radical (unpaired) electrons. The number of amides is 1. The van der Waals surface area contributed by atoms with Crippen LogP contribution in [0.25, 0.3) is 0 Å². The molecule has 1 aromatic heterocycles. The van der Waals surface area contributed by atoms with Gasteiger partial charge >= 0.3 is 0 Å². The van der Waals surface area contributed by atoms with Gasteiger partial charge in [-0.1, -0.05) is 0 Å². The summed E-state index contributed by atoms with van der Waals surface area (Å²) < 4.78 is 1.59. The zero-order valence-corrected chi connectivity index (χ0v) is 12.8. The first-order valence-corrected chi connectivity index (χ1v) is 7.30. The maximum Gasteiger partial charge on any atom is 0.263 e. The largest absolute Gasteiger partial charge is 0.395 e. The minimum absolute atomic E-state index is 0.0320. The Hall–Kier alpha value is -1.66. The van der Waals surface area contributed by atoms with E-state index in [1.54, 1.807) is 16.7 Å². The van der Waals surface area contributed by atoms with E-state index in [-0.39, 0.29) is 35.7 Å². The third-order valence-electron chi connectivity index (χ3n) is 4.19. The zero-order chi connectivity index (χ0) is 15.6. The van der Waals surface area contributed by atoms with Crippen LogP contribution in [0.5, 0.6) is 0 Å². The lowest BCUT2D eigenvalue weighted by Crippen LogP contribution is -2.40. The molecule has 1 saturated heterocycles. The number of hydrogen-bond acceptors (Lipinski definition) is 4. The Bertz CT molecular complexity index is 582. The zero-order valence-electron chi connectivity index (χ0n) is 12.8.